The highest BCUT2D eigenvalue weighted by Gasteiger charge is 2.08. The van der Waals surface area contributed by atoms with Crippen molar-refractivity contribution in [2.75, 3.05) is 5.32 Å². The van der Waals surface area contributed by atoms with Crippen LogP contribution in [-0.4, -0.2) is 5.91 Å². The Morgan fingerprint density at radius 3 is 2.14 bits per heavy atom. The van der Waals surface area contributed by atoms with E-state index in [1.807, 2.05) is 42.5 Å². The largest absolute Gasteiger partial charge is 0.322 e. The summed E-state index contributed by atoms with van der Waals surface area (Å²) in [6, 6.07) is 30.5. The van der Waals surface area contributed by atoms with Gasteiger partial charge in [0.2, 0.25) is 0 Å². The zero-order valence-electron chi connectivity index (χ0n) is 16.1. The number of carbonyl (C=O) groups excluding carboxylic acids is 1. The van der Waals surface area contributed by atoms with E-state index >= 15 is 0 Å². The fourth-order valence-corrected chi connectivity index (χ4v) is 3.43. The van der Waals surface area contributed by atoms with Crippen LogP contribution in [0.5, 0.6) is 0 Å². The predicted octanol–water partition coefficient (Wildman–Crippen LogP) is 6.88. The highest BCUT2D eigenvalue weighted by molar-refractivity contribution is 6.05. The number of carbonyl (C=O) groups is 1. The molecule has 4 aromatic carbocycles. The van der Waals surface area contributed by atoms with Gasteiger partial charge in [0.15, 0.2) is 0 Å². The van der Waals surface area contributed by atoms with Gasteiger partial charge in [0.1, 0.15) is 0 Å². The maximum absolute atomic E-state index is 12.6. The van der Waals surface area contributed by atoms with Crippen LogP contribution in [0.15, 0.2) is 91.0 Å². The highest BCUT2D eigenvalue weighted by atomic mass is 16.1. The van der Waals surface area contributed by atoms with Crippen molar-refractivity contribution in [2.24, 2.45) is 0 Å². The third kappa shape index (κ3) is 3.67. The highest BCUT2D eigenvalue weighted by Crippen LogP contribution is 2.28. The quantitative estimate of drug-likeness (QED) is 0.419. The number of fused-ring (bicyclic) bond motifs is 1. The van der Waals surface area contributed by atoms with Crippen molar-refractivity contribution < 1.29 is 4.79 Å². The van der Waals surface area contributed by atoms with E-state index in [4.69, 9.17) is 0 Å². The van der Waals surface area contributed by atoms with Gasteiger partial charge in [0.25, 0.3) is 5.91 Å². The minimum absolute atomic E-state index is 0.0956. The molecule has 0 aromatic heterocycles. The van der Waals surface area contributed by atoms with Gasteiger partial charge in [-0.25, -0.2) is 0 Å². The zero-order chi connectivity index (χ0) is 19.5. The first-order valence-corrected chi connectivity index (χ1v) is 9.61. The number of hydrogen-bond acceptors (Lipinski definition) is 1. The first kappa shape index (κ1) is 18.0. The van der Waals surface area contributed by atoms with Crippen LogP contribution < -0.4 is 5.32 Å². The Bertz CT molecular complexity index is 1100. The molecule has 0 unspecified atom stereocenters. The van der Waals surface area contributed by atoms with Crippen molar-refractivity contribution in [1.29, 1.82) is 0 Å². The van der Waals surface area contributed by atoms with Gasteiger partial charge in [-0.3, -0.25) is 4.79 Å². The fourth-order valence-electron chi connectivity index (χ4n) is 3.43. The SMILES string of the molecule is CC(C)c1ccc(NC(=O)c2ccc(-c3cccc4ccccc34)cc2)cc1. The van der Waals surface area contributed by atoms with Crippen LogP contribution in [0.2, 0.25) is 0 Å². The Labute approximate surface area is 165 Å². The van der Waals surface area contributed by atoms with Crippen LogP contribution in [0.25, 0.3) is 21.9 Å². The maximum atomic E-state index is 12.6. The van der Waals surface area contributed by atoms with Gasteiger partial charge in [-0.05, 0) is 57.6 Å². The molecule has 0 fully saturated rings. The number of nitrogens with one attached hydrogen (secondary N) is 1. The minimum atomic E-state index is -0.0956. The zero-order valence-corrected chi connectivity index (χ0v) is 16.1. The van der Waals surface area contributed by atoms with E-state index in [0.717, 1.165) is 11.3 Å². The normalized spacial score (nSPS) is 11.0. The van der Waals surface area contributed by atoms with Crippen molar-refractivity contribution in [3.63, 3.8) is 0 Å². The molecule has 1 N–H and O–H groups in total. The Kier molecular flexibility index (Phi) is 4.94. The van der Waals surface area contributed by atoms with Gasteiger partial charge in [0, 0.05) is 11.3 Å². The summed E-state index contributed by atoms with van der Waals surface area (Å²) < 4.78 is 0. The van der Waals surface area contributed by atoms with E-state index in [9.17, 15) is 4.79 Å². The van der Waals surface area contributed by atoms with Crippen molar-refractivity contribution in [3.8, 4) is 11.1 Å². The smallest absolute Gasteiger partial charge is 0.255 e. The number of benzene rings is 4. The van der Waals surface area contributed by atoms with Gasteiger partial charge in [-0.2, -0.15) is 0 Å². The average Bonchev–Trinajstić information content (AvgIpc) is 2.74. The molecule has 0 spiro atoms. The topological polar surface area (TPSA) is 29.1 Å². The second kappa shape index (κ2) is 7.69. The Morgan fingerprint density at radius 1 is 0.750 bits per heavy atom. The number of amides is 1. The molecule has 4 aromatic rings. The first-order valence-electron chi connectivity index (χ1n) is 9.61. The summed E-state index contributed by atoms with van der Waals surface area (Å²) in [5.74, 6) is 0.383. The Hall–Kier alpha value is -3.39. The second-order valence-corrected chi connectivity index (χ2v) is 7.33. The van der Waals surface area contributed by atoms with E-state index in [-0.39, 0.29) is 5.91 Å². The minimum Gasteiger partial charge on any atom is -0.322 e. The Balaban J connectivity index is 1.55. The second-order valence-electron chi connectivity index (χ2n) is 7.33. The number of anilines is 1. The summed E-state index contributed by atoms with van der Waals surface area (Å²) in [7, 11) is 0. The summed E-state index contributed by atoms with van der Waals surface area (Å²) in [4.78, 5) is 12.6. The summed E-state index contributed by atoms with van der Waals surface area (Å²) in [6.07, 6.45) is 0. The van der Waals surface area contributed by atoms with Crippen LogP contribution in [-0.2, 0) is 0 Å². The molecule has 2 heteroatoms. The third-order valence-corrected chi connectivity index (χ3v) is 5.08. The lowest BCUT2D eigenvalue weighted by atomic mass is 9.97. The van der Waals surface area contributed by atoms with Crippen LogP contribution in [0.3, 0.4) is 0 Å². The van der Waals surface area contributed by atoms with E-state index in [2.05, 4.69) is 67.7 Å². The van der Waals surface area contributed by atoms with E-state index in [1.54, 1.807) is 0 Å². The molecule has 1 amide bonds. The molecule has 4 rings (SSSR count). The summed E-state index contributed by atoms with van der Waals surface area (Å²) in [5, 5.41) is 5.40. The molecule has 0 bridgehead atoms. The van der Waals surface area contributed by atoms with Gasteiger partial charge in [0.05, 0.1) is 0 Å². The molecule has 0 saturated carbocycles. The van der Waals surface area contributed by atoms with Crippen molar-refractivity contribution in [1.82, 2.24) is 0 Å². The number of hydrogen-bond donors (Lipinski definition) is 1. The van der Waals surface area contributed by atoms with Gasteiger partial charge < -0.3 is 5.32 Å². The standard InChI is InChI=1S/C26H23NO/c1-18(2)19-14-16-23(17-15-19)27-26(28)22-12-10-21(11-13-22)25-9-5-7-20-6-3-4-8-24(20)25/h3-18H,1-2H3,(H,27,28). The van der Waals surface area contributed by atoms with Gasteiger partial charge in [-0.15, -0.1) is 0 Å². The molecule has 0 heterocycles. The van der Waals surface area contributed by atoms with Gasteiger partial charge in [-0.1, -0.05) is 80.6 Å². The van der Waals surface area contributed by atoms with Crippen LogP contribution in [0.4, 0.5) is 5.69 Å². The van der Waals surface area contributed by atoms with Crippen molar-refractivity contribution >= 4 is 22.4 Å². The monoisotopic (exact) mass is 365 g/mol. The molecule has 28 heavy (non-hydrogen) atoms. The van der Waals surface area contributed by atoms with Crippen molar-refractivity contribution in [2.45, 2.75) is 19.8 Å². The van der Waals surface area contributed by atoms with Crippen molar-refractivity contribution in [3.05, 3.63) is 102 Å². The third-order valence-electron chi connectivity index (χ3n) is 5.08. The fraction of sp³-hybridized carbons (Fsp3) is 0.115. The molecule has 0 saturated heterocycles. The predicted molar refractivity (Wildman–Crippen MR) is 118 cm³/mol. The molecular formula is C26H23NO. The summed E-state index contributed by atoms with van der Waals surface area (Å²) in [5.41, 5.74) is 5.01. The Morgan fingerprint density at radius 2 is 1.43 bits per heavy atom. The molecule has 0 aliphatic heterocycles. The molecule has 0 radical (unpaired) electrons. The molecule has 138 valence electrons. The maximum Gasteiger partial charge on any atom is 0.255 e. The molecule has 2 nitrogen and oxygen atoms in total. The molecule has 0 atom stereocenters. The summed E-state index contributed by atoms with van der Waals surface area (Å²) in [6.45, 7) is 4.32. The lowest BCUT2D eigenvalue weighted by Gasteiger charge is -2.10. The molecule has 0 aliphatic rings. The van der Waals surface area contributed by atoms with E-state index in [0.29, 0.717) is 11.5 Å². The lowest BCUT2D eigenvalue weighted by Crippen LogP contribution is -2.11. The average molecular weight is 365 g/mol. The first-order chi connectivity index (χ1) is 13.6. The summed E-state index contributed by atoms with van der Waals surface area (Å²) >= 11 is 0. The molecular weight excluding hydrogens is 342 g/mol. The number of rotatable bonds is 4. The molecule has 0 aliphatic carbocycles. The van der Waals surface area contributed by atoms with Crippen LogP contribution in [0, 0.1) is 0 Å². The van der Waals surface area contributed by atoms with Crippen LogP contribution in [0.1, 0.15) is 35.7 Å². The van der Waals surface area contributed by atoms with E-state index < -0.39 is 0 Å². The lowest BCUT2D eigenvalue weighted by molar-refractivity contribution is 0.102. The van der Waals surface area contributed by atoms with E-state index in [1.165, 1.54) is 21.9 Å². The van der Waals surface area contributed by atoms with Crippen LogP contribution >= 0.6 is 0 Å². The van der Waals surface area contributed by atoms with Gasteiger partial charge >= 0.3 is 0 Å².